The van der Waals surface area contributed by atoms with Gasteiger partial charge in [0.05, 0.1) is 32.2 Å². The number of hydrogen-bond donors (Lipinski definition) is 2. The number of rotatable bonds is 17. The molecule has 2 N–H and O–H groups in total. The molecule has 0 saturated carbocycles. The molecule has 0 bridgehead atoms. The summed E-state index contributed by atoms with van der Waals surface area (Å²) >= 11 is 0. The fourth-order valence-corrected chi connectivity index (χ4v) is 3.79. The Hall–Kier alpha value is -3.41. The smallest absolute Gasteiger partial charge is 0.237 e. The summed E-state index contributed by atoms with van der Waals surface area (Å²) in [7, 11) is 0. The highest BCUT2D eigenvalue weighted by Gasteiger charge is 2.48. The molecule has 12 heteroatoms. The van der Waals surface area contributed by atoms with Crippen LogP contribution in [0.15, 0.2) is 30.3 Å². The molecule has 0 aromatic heterocycles. The summed E-state index contributed by atoms with van der Waals surface area (Å²) < 4.78 is 29.6. The number of carbonyl (C=O) groups excluding carboxylic acids is 2. The van der Waals surface area contributed by atoms with E-state index < -0.39 is 30.6 Å². The van der Waals surface area contributed by atoms with Crippen molar-refractivity contribution >= 4 is 11.7 Å². The van der Waals surface area contributed by atoms with Gasteiger partial charge in [0.2, 0.25) is 19.0 Å². The lowest BCUT2D eigenvalue weighted by molar-refractivity contribution is -0.287. The largest absolute Gasteiger partial charge is 0.378 e. The quantitative estimate of drug-likeness (QED) is 0.133. The first-order chi connectivity index (χ1) is 18.5. The molecule has 5 atom stereocenters. The van der Waals surface area contributed by atoms with Gasteiger partial charge in [-0.25, -0.2) is 13.1 Å². The highest BCUT2D eigenvalue weighted by molar-refractivity contribution is 5.97. The second-order valence-electron chi connectivity index (χ2n) is 8.21. The number of ketones is 1. The average molecular weight is 528 g/mol. The molecule has 1 aromatic rings. The zero-order valence-corrected chi connectivity index (χ0v) is 21.3. The molecular formula is C26H33N5O7. The highest BCUT2D eigenvalue weighted by Crippen LogP contribution is 2.27. The number of benzene rings is 1. The lowest BCUT2D eigenvalue weighted by Gasteiger charge is -2.45. The predicted octanol–water partition coefficient (Wildman–Crippen LogP) is 1.20. The van der Waals surface area contributed by atoms with E-state index in [0.29, 0.717) is 5.56 Å². The number of hydrogen-bond acceptors (Lipinski definition) is 9. The Morgan fingerprint density at radius 3 is 2.37 bits per heavy atom. The van der Waals surface area contributed by atoms with Crippen molar-refractivity contribution in [3.05, 3.63) is 58.7 Å². The van der Waals surface area contributed by atoms with Crippen molar-refractivity contribution in [1.29, 1.82) is 5.26 Å². The molecule has 0 radical (unpaired) electrons. The molecule has 38 heavy (non-hydrogen) atoms. The molecule has 0 aliphatic carbocycles. The van der Waals surface area contributed by atoms with E-state index in [1.54, 1.807) is 24.3 Å². The summed E-state index contributed by atoms with van der Waals surface area (Å²) in [6.07, 6.45) is -3.09. The van der Waals surface area contributed by atoms with Crippen LogP contribution in [0.3, 0.4) is 0 Å². The zero-order valence-electron chi connectivity index (χ0n) is 21.3. The van der Waals surface area contributed by atoms with Crippen LogP contribution in [-0.4, -0.2) is 95.1 Å². The first-order valence-corrected chi connectivity index (χ1v) is 12.2. The van der Waals surface area contributed by atoms with Crippen molar-refractivity contribution in [2.24, 2.45) is 0 Å². The first-order valence-electron chi connectivity index (χ1n) is 12.2. The van der Waals surface area contributed by atoms with Crippen LogP contribution in [0, 0.1) is 24.5 Å². The molecule has 0 spiro atoms. The van der Waals surface area contributed by atoms with Gasteiger partial charge in [-0.1, -0.05) is 30.3 Å². The maximum atomic E-state index is 12.4. The van der Waals surface area contributed by atoms with Crippen LogP contribution in [0.4, 0.5) is 0 Å². The number of nitriles is 1. The molecule has 12 nitrogen and oxygen atoms in total. The van der Waals surface area contributed by atoms with Gasteiger partial charge >= 0.3 is 0 Å². The van der Waals surface area contributed by atoms with Crippen LogP contribution in [0.5, 0.6) is 0 Å². The standard InChI is InChI=1S/C26H33N5O7/c1-19(32)31-23-25(36-15-12-29-3)24(35-14-11-28-2)22(17-34-13-7-10-27)38-26(23)37-18-30-16-21(33)20-8-5-4-6-9-20/h4-6,8-9,22-26,30H,7,11-18H2,1H3,(H,31,32)/t22?,23?,24-,25+,26+/m0/s1. The van der Waals surface area contributed by atoms with Gasteiger partial charge in [-0.3, -0.25) is 14.9 Å². The van der Waals surface area contributed by atoms with Crippen LogP contribution < -0.4 is 10.6 Å². The molecule has 2 unspecified atom stereocenters. The molecular weight excluding hydrogens is 494 g/mol. The van der Waals surface area contributed by atoms with E-state index in [0.717, 1.165) is 0 Å². The van der Waals surface area contributed by atoms with Crippen molar-refractivity contribution in [1.82, 2.24) is 10.6 Å². The summed E-state index contributed by atoms with van der Waals surface area (Å²) in [6.45, 7) is 16.0. The second-order valence-corrected chi connectivity index (χ2v) is 8.21. The van der Waals surface area contributed by atoms with Crippen molar-refractivity contribution in [3.63, 3.8) is 0 Å². The Morgan fingerprint density at radius 1 is 1.05 bits per heavy atom. The molecule has 1 aliphatic heterocycles. The monoisotopic (exact) mass is 527 g/mol. The zero-order chi connectivity index (χ0) is 27.6. The summed E-state index contributed by atoms with van der Waals surface area (Å²) in [5, 5.41) is 14.5. The van der Waals surface area contributed by atoms with Gasteiger partial charge in [0.15, 0.2) is 12.1 Å². The molecule has 1 heterocycles. The summed E-state index contributed by atoms with van der Waals surface area (Å²) in [4.78, 5) is 31.1. The third-order valence-electron chi connectivity index (χ3n) is 5.41. The highest BCUT2D eigenvalue weighted by atomic mass is 16.7. The predicted molar refractivity (Wildman–Crippen MR) is 134 cm³/mol. The number of Topliss-reactive ketones (excluding diaryl/α,β-unsaturated/α-hetero) is 1. The van der Waals surface area contributed by atoms with Gasteiger partial charge < -0.3 is 38.7 Å². The molecule has 1 aliphatic rings. The van der Waals surface area contributed by atoms with E-state index in [1.807, 2.05) is 12.1 Å². The maximum absolute atomic E-state index is 12.4. The Bertz CT molecular complexity index is 988. The molecule has 204 valence electrons. The number of carbonyl (C=O) groups is 2. The van der Waals surface area contributed by atoms with E-state index in [2.05, 4.69) is 20.3 Å². The first kappa shape index (κ1) is 30.8. The summed E-state index contributed by atoms with van der Waals surface area (Å²) in [5.41, 5.74) is 0.562. The Balaban J connectivity index is 2.17. The second kappa shape index (κ2) is 17.9. The van der Waals surface area contributed by atoms with Crippen LogP contribution in [-0.2, 0) is 28.5 Å². The number of amides is 1. The SMILES string of the molecule is [C-]#[N+]CCO[C@@H]1C(NC(C)=O)[C@H](OCNCC(=O)c2ccccc2)OC(COCCC#N)[C@@H]1OCC[N+]#[C-]. The number of nitrogens with zero attached hydrogens (tertiary/aromatic N) is 3. The third-order valence-corrected chi connectivity index (χ3v) is 5.41. The molecule has 2 rings (SSSR count). The molecule has 1 amide bonds. The fourth-order valence-electron chi connectivity index (χ4n) is 3.79. The Kier molecular flexibility index (Phi) is 14.5. The van der Waals surface area contributed by atoms with Crippen molar-refractivity contribution in [3.8, 4) is 6.07 Å². The normalized spacial score (nSPS) is 22.5. The molecule has 1 aromatic carbocycles. The van der Waals surface area contributed by atoms with Crippen LogP contribution in [0.25, 0.3) is 9.69 Å². The van der Waals surface area contributed by atoms with E-state index in [9.17, 15) is 9.59 Å². The van der Waals surface area contributed by atoms with Gasteiger partial charge in [0, 0.05) is 12.5 Å². The average Bonchev–Trinajstić information content (AvgIpc) is 2.92. The minimum atomic E-state index is -1.01. The van der Waals surface area contributed by atoms with Gasteiger partial charge in [-0.2, -0.15) is 5.26 Å². The lowest BCUT2D eigenvalue weighted by Crippen LogP contribution is -2.66. The Morgan fingerprint density at radius 2 is 1.74 bits per heavy atom. The topological polar surface area (TPSA) is 137 Å². The minimum absolute atomic E-state index is 0.0233. The van der Waals surface area contributed by atoms with E-state index >= 15 is 0 Å². The van der Waals surface area contributed by atoms with Crippen LogP contribution in [0.2, 0.25) is 0 Å². The maximum Gasteiger partial charge on any atom is 0.237 e. The summed E-state index contributed by atoms with van der Waals surface area (Å²) in [6, 6.07) is 10.0. The van der Waals surface area contributed by atoms with Gasteiger partial charge in [-0.05, 0) is 0 Å². The lowest BCUT2D eigenvalue weighted by atomic mass is 9.96. The number of ether oxygens (including phenoxy) is 5. The molecule has 1 fully saturated rings. The summed E-state index contributed by atoms with van der Waals surface area (Å²) in [5.74, 6) is -0.476. The van der Waals surface area contributed by atoms with Gasteiger partial charge in [0.1, 0.15) is 44.3 Å². The number of nitrogens with one attached hydrogen (secondary N) is 2. The van der Waals surface area contributed by atoms with Crippen LogP contribution >= 0.6 is 0 Å². The van der Waals surface area contributed by atoms with E-state index in [-0.39, 0.29) is 70.9 Å². The van der Waals surface area contributed by atoms with Crippen molar-refractivity contribution in [2.75, 3.05) is 52.8 Å². The molecule has 1 saturated heterocycles. The van der Waals surface area contributed by atoms with Gasteiger partial charge in [-0.15, -0.1) is 0 Å². The van der Waals surface area contributed by atoms with E-state index in [4.69, 9.17) is 42.1 Å². The van der Waals surface area contributed by atoms with Crippen molar-refractivity contribution < 1.29 is 33.3 Å². The Labute approximate surface area is 222 Å². The fraction of sp³-hybridized carbons (Fsp3) is 0.577. The van der Waals surface area contributed by atoms with Crippen LogP contribution in [0.1, 0.15) is 23.7 Å². The van der Waals surface area contributed by atoms with E-state index in [1.165, 1.54) is 6.92 Å². The van der Waals surface area contributed by atoms with Gasteiger partial charge in [0.25, 0.3) is 0 Å². The minimum Gasteiger partial charge on any atom is -0.378 e. The third kappa shape index (κ3) is 10.5. The van der Waals surface area contributed by atoms with Crippen molar-refractivity contribution in [2.45, 2.75) is 44.0 Å².